The van der Waals surface area contributed by atoms with Crippen molar-refractivity contribution in [1.29, 1.82) is 0 Å². The van der Waals surface area contributed by atoms with Crippen molar-refractivity contribution < 1.29 is 0 Å². The molecule has 0 bridgehead atoms. The summed E-state index contributed by atoms with van der Waals surface area (Å²) >= 11 is 12.1. The van der Waals surface area contributed by atoms with Gasteiger partial charge in [-0.2, -0.15) is 0 Å². The number of aryl methyl sites for hydroxylation is 2. The number of nitrogens with one attached hydrogen (secondary N) is 2. The van der Waals surface area contributed by atoms with Crippen LogP contribution in [-0.2, 0) is 0 Å². The lowest BCUT2D eigenvalue weighted by Gasteiger charge is -2.14. The van der Waals surface area contributed by atoms with Gasteiger partial charge in [0, 0.05) is 10.7 Å². The Kier molecular flexibility index (Phi) is 4.97. The first-order chi connectivity index (χ1) is 11.9. The molecule has 128 valence electrons. The first-order valence-electron chi connectivity index (χ1n) is 7.61. The maximum atomic E-state index is 6.21. The van der Waals surface area contributed by atoms with Gasteiger partial charge in [-0.15, -0.1) is 0 Å². The normalized spacial score (nSPS) is 10.6. The quantitative estimate of drug-likeness (QED) is 0.565. The van der Waals surface area contributed by atoms with Crippen molar-refractivity contribution in [2.24, 2.45) is 0 Å². The summed E-state index contributed by atoms with van der Waals surface area (Å²) in [6, 6.07) is 11.2. The van der Waals surface area contributed by atoms with Crippen molar-refractivity contribution in [2.45, 2.75) is 13.8 Å². The summed E-state index contributed by atoms with van der Waals surface area (Å²) in [5.41, 5.74) is 10.6. The number of anilines is 5. The van der Waals surface area contributed by atoms with Crippen LogP contribution in [0.3, 0.4) is 0 Å². The fraction of sp³-hybridized carbons (Fsp3) is 0.111. The van der Waals surface area contributed by atoms with Crippen LogP contribution >= 0.6 is 23.2 Å². The molecule has 7 heteroatoms. The van der Waals surface area contributed by atoms with Crippen LogP contribution in [-0.4, -0.2) is 9.97 Å². The second-order valence-corrected chi connectivity index (χ2v) is 6.50. The van der Waals surface area contributed by atoms with E-state index >= 15 is 0 Å². The summed E-state index contributed by atoms with van der Waals surface area (Å²) in [5, 5.41) is 7.37. The maximum absolute atomic E-state index is 6.21. The van der Waals surface area contributed by atoms with Crippen molar-refractivity contribution in [2.75, 3.05) is 16.4 Å². The third-order valence-corrected chi connectivity index (χ3v) is 4.39. The van der Waals surface area contributed by atoms with Crippen LogP contribution in [0.5, 0.6) is 0 Å². The largest absolute Gasteiger partial charge is 0.393 e. The fourth-order valence-electron chi connectivity index (χ4n) is 2.27. The predicted octanol–water partition coefficient (Wildman–Crippen LogP) is 5.47. The van der Waals surface area contributed by atoms with E-state index in [2.05, 4.69) is 34.4 Å². The molecule has 3 rings (SSSR count). The highest BCUT2D eigenvalue weighted by Crippen LogP contribution is 2.32. The molecular formula is C18H17Cl2N5. The lowest BCUT2D eigenvalue weighted by Crippen LogP contribution is -2.05. The monoisotopic (exact) mass is 373 g/mol. The lowest BCUT2D eigenvalue weighted by atomic mass is 10.1. The van der Waals surface area contributed by atoms with Crippen LogP contribution in [0.4, 0.5) is 28.7 Å². The van der Waals surface area contributed by atoms with Gasteiger partial charge in [-0.3, -0.25) is 0 Å². The van der Waals surface area contributed by atoms with Crippen LogP contribution in [0, 0.1) is 13.8 Å². The lowest BCUT2D eigenvalue weighted by molar-refractivity contribution is 1.17. The van der Waals surface area contributed by atoms with Crippen LogP contribution in [0.2, 0.25) is 10.0 Å². The van der Waals surface area contributed by atoms with E-state index in [-0.39, 0.29) is 0 Å². The third kappa shape index (κ3) is 3.95. The van der Waals surface area contributed by atoms with Crippen molar-refractivity contribution in [3.63, 3.8) is 0 Å². The van der Waals surface area contributed by atoms with Gasteiger partial charge in [-0.05, 0) is 55.3 Å². The highest BCUT2D eigenvalue weighted by molar-refractivity contribution is 6.36. The molecule has 0 spiro atoms. The Labute approximate surface area is 156 Å². The van der Waals surface area contributed by atoms with Crippen molar-refractivity contribution in [1.82, 2.24) is 9.97 Å². The smallest absolute Gasteiger partial charge is 0.159 e. The van der Waals surface area contributed by atoms with Gasteiger partial charge in [-0.25, -0.2) is 9.97 Å². The first kappa shape index (κ1) is 17.3. The Balaban J connectivity index is 1.87. The predicted molar refractivity (Wildman–Crippen MR) is 105 cm³/mol. The van der Waals surface area contributed by atoms with E-state index < -0.39 is 0 Å². The zero-order chi connectivity index (χ0) is 18.0. The minimum absolute atomic E-state index is 0.395. The number of nitrogens with two attached hydrogens (primary N) is 1. The van der Waals surface area contributed by atoms with Crippen molar-refractivity contribution >= 4 is 51.9 Å². The molecule has 0 radical (unpaired) electrons. The molecule has 5 nitrogen and oxygen atoms in total. The zero-order valence-corrected chi connectivity index (χ0v) is 15.3. The second-order valence-electron chi connectivity index (χ2n) is 5.66. The first-order valence-corrected chi connectivity index (χ1v) is 8.36. The molecule has 0 aliphatic rings. The molecule has 0 fully saturated rings. The second kappa shape index (κ2) is 7.17. The Hall–Kier alpha value is -2.50. The number of hydrogen-bond acceptors (Lipinski definition) is 5. The summed E-state index contributed by atoms with van der Waals surface area (Å²) in [6.07, 6.45) is 1.44. The van der Waals surface area contributed by atoms with Gasteiger partial charge in [0.25, 0.3) is 0 Å². The minimum atomic E-state index is 0.395. The number of aromatic nitrogens is 2. The van der Waals surface area contributed by atoms with Crippen LogP contribution in [0.15, 0.2) is 42.7 Å². The SMILES string of the molecule is Cc1ccc(Nc2ncnc(Nc3ccc(Cl)cc3Cl)c2N)cc1C. The van der Waals surface area contributed by atoms with E-state index in [4.69, 9.17) is 28.9 Å². The molecule has 0 aliphatic carbocycles. The molecule has 25 heavy (non-hydrogen) atoms. The Morgan fingerprint density at radius 3 is 2.28 bits per heavy atom. The maximum Gasteiger partial charge on any atom is 0.159 e. The summed E-state index contributed by atoms with van der Waals surface area (Å²) in [6.45, 7) is 4.12. The number of benzene rings is 2. The molecule has 0 aliphatic heterocycles. The molecule has 0 atom stereocenters. The van der Waals surface area contributed by atoms with E-state index in [0.717, 1.165) is 5.69 Å². The molecule has 2 aromatic carbocycles. The average molecular weight is 374 g/mol. The number of halogens is 2. The number of hydrogen-bond donors (Lipinski definition) is 3. The van der Waals surface area contributed by atoms with E-state index in [1.807, 2.05) is 18.2 Å². The van der Waals surface area contributed by atoms with Gasteiger partial charge in [-0.1, -0.05) is 29.3 Å². The van der Waals surface area contributed by atoms with Crippen LogP contribution in [0.25, 0.3) is 0 Å². The van der Waals surface area contributed by atoms with Gasteiger partial charge in [0.05, 0.1) is 10.7 Å². The van der Waals surface area contributed by atoms with E-state index in [1.165, 1.54) is 17.5 Å². The molecule has 4 N–H and O–H groups in total. The Bertz CT molecular complexity index is 927. The Morgan fingerprint density at radius 2 is 1.60 bits per heavy atom. The van der Waals surface area contributed by atoms with E-state index in [9.17, 15) is 0 Å². The molecule has 0 amide bonds. The fourth-order valence-corrected chi connectivity index (χ4v) is 2.72. The molecular weight excluding hydrogens is 357 g/mol. The van der Waals surface area contributed by atoms with Gasteiger partial charge in [0.15, 0.2) is 11.6 Å². The standard InChI is InChI=1S/C18H17Cl2N5/c1-10-3-5-13(7-11(10)2)24-17-16(21)18(23-9-22-17)25-15-6-4-12(19)8-14(15)20/h3-9H,21H2,1-2H3,(H2,22,23,24,25). The molecule has 1 aromatic heterocycles. The molecule has 0 saturated carbocycles. The van der Waals surface area contributed by atoms with Crippen LogP contribution in [0.1, 0.15) is 11.1 Å². The van der Waals surface area contributed by atoms with Crippen molar-refractivity contribution in [3.05, 3.63) is 63.9 Å². The van der Waals surface area contributed by atoms with E-state index in [1.54, 1.807) is 18.2 Å². The van der Waals surface area contributed by atoms with Crippen molar-refractivity contribution in [3.8, 4) is 0 Å². The Morgan fingerprint density at radius 1 is 0.880 bits per heavy atom. The van der Waals surface area contributed by atoms with Gasteiger partial charge in [0.2, 0.25) is 0 Å². The van der Waals surface area contributed by atoms with E-state index in [0.29, 0.717) is 33.1 Å². The highest BCUT2D eigenvalue weighted by atomic mass is 35.5. The van der Waals surface area contributed by atoms with Gasteiger partial charge in [0.1, 0.15) is 12.0 Å². The average Bonchev–Trinajstić information content (AvgIpc) is 2.57. The number of nitrogen functional groups attached to an aromatic ring is 1. The summed E-state index contributed by atoms with van der Waals surface area (Å²) in [4.78, 5) is 8.42. The van der Waals surface area contributed by atoms with Gasteiger partial charge < -0.3 is 16.4 Å². The minimum Gasteiger partial charge on any atom is -0.393 e. The molecule has 0 saturated heterocycles. The topological polar surface area (TPSA) is 75.9 Å². The summed E-state index contributed by atoms with van der Waals surface area (Å²) < 4.78 is 0. The zero-order valence-electron chi connectivity index (χ0n) is 13.8. The summed E-state index contributed by atoms with van der Waals surface area (Å²) in [7, 11) is 0. The molecule has 1 heterocycles. The van der Waals surface area contributed by atoms with Gasteiger partial charge >= 0.3 is 0 Å². The molecule has 3 aromatic rings. The molecule has 0 unspecified atom stereocenters. The van der Waals surface area contributed by atoms with Crippen LogP contribution < -0.4 is 16.4 Å². The number of nitrogens with zero attached hydrogens (tertiary/aromatic N) is 2. The summed E-state index contributed by atoms with van der Waals surface area (Å²) in [5.74, 6) is 0.983. The highest BCUT2D eigenvalue weighted by Gasteiger charge is 2.11. The number of rotatable bonds is 4. The third-order valence-electron chi connectivity index (χ3n) is 3.84.